The molecule has 0 aliphatic carbocycles. The predicted molar refractivity (Wildman–Crippen MR) is 120 cm³/mol. The number of pyridine rings is 2. The molecular weight excluding hydrogens is 412 g/mol. The van der Waals surface area contributed by atoms with Gasteiger partial charge in [-0.25, -0.2) is 13.2 Å². The Morgan fingerprint density at radius 3 is 2.29 bits per heavy atom. The van der Waals surface area contributed by atoms with Gasteiger partial charge in [-0.1, -0.05) is 6.07 Å². The average Bonchev–Trinajstić information content (AvgIpc) is 3.04. The standard InChI is InChI=1S/C23H18N4O3S/c1-26-21-14-25-20-8-3-16(15-9-11-24-12-10-15)13-19(20)22(21)27(23(26)28)17-4-6-18(7-5-17)31(2,29)30/h3-14H,1-2H3. The summed E-state index contributed by atoms with van der Waals surface area (Å²) in [6.45, 7) is 0. The third kappa shape index (κ3) is 3.12. The second-order valence-electron chi connectivity index (χ2n) is 7.40. The molecule has 2 aromatic carbocycles. The van der Waals surface area contributed by atoms with Crippen molar-refractivity contribution in [1.29, 1.82) is 0 Å². The second-order valence-corrected chi connectivity index (χ2v) is 9.42. The Morgan fingerprint density at radius 2 is 1.61 bits per heavy atom. The fraction of sp³-hybridized carbons (Fsp3) is 0.0870. The van der Waals surface area contributed by atoms with Gasteiger partial charge in [0.15, 0.2) is 9.84 Å². The zero-order valence-electron chi connectivity index (χ0n) is 16.9. The second kappa shape index (κ2) is 6.88. The van der Waals surface area contributed by atoms with E-state index in [1.165, 1.54) is 12.1 Å². The Bertz CT molecular complexity index is 1620. The summed E-state index contributed by atoms with van der Waals surface area (Å²) < 4.78 is 26.8. The topological polar surface area (TPSA) is 86.9 Å². The van der Waals surface area contributed by atoms with E-state index in [2.05, 4.69) is 9.97 Å². The molecule has 3 aromatic heterocycles. The lowest BCUT2D eigenvalue weighted by Gasteiger charge is -2.08. The van der Waals surface area contributed by atoms with Crippen molar-refractivity contribution in [1.82, 2.24) is 19.1 Å². The molecule has 0 amide bonds. The van der Waals surface area contributed by atoms with Gasteiger partial charge >= 0.3 is 5.69 Å². The third-order valence-electron chi connectivity index (χ3n) is 5.42. The van der Waals surface area contributed by atoms with Gasteiger partial charge in [0.25, 0.3) is 0 Å². The van der Waals surface area contributed by atoms with Crippen molar-refractivity contribution in [3.63, 3.8) is 0 Å². The van der Waals surface area contributed by atoms with E-state index >= 15 is 0 Å². The van der Waals surface area contributed by atoms with Crippen LogP contribution in [0.25, 0.3) is 38.8 Å². The van der Waals surface area contributed by atoms with Crippen LogP contribution in [0, 0.1) is 0 Å². The maximum Gasteiger partial charge on any atom is 0.333 e. The number of hydrogen-bond acceptors (Lipinski definition) is 5. The molecular formula is C23H18N4O3S. The van der Waals surface area contributed by atoms with E-state index in [4.69, 9.17) is 0 Å². The summed E-state index contributed by atoms with van der Waals surface area (Å²) in [5.74, 6) is 0. The molecule has 0 aliphatic rings. The van der Waals surface area contributed by atoms with Crippen LogP contribution in [0.5, 0.6) is 0 Å². The van der Waals surface area contributed by atoms with E-state index in [-0.39, 0.29) is 10.6 Å². The molecule has 5 rings (SSSR count). The highest BCUT2D eigenvalue weighted by Crippen LogP contribution is 2.29. The Hall–Kier alpha value is -3.78. The van der Waals surface area contributed by atoms with Crippen LogP contribution in [-0.4, -0.2) is 33.8 Å². The van der Waals surface area contributed by atoms with E-state index in [1.807, 2.05) is 30.3 Å². The van der Waals surface area contributed by atoms with E-state index in [0.717, 1.165) is 33.8 Å². The first-order chi connectivity index (χ1) is 14.8. The highest BCUT2D eigenvalue weighted by Gasteiger charge is 2.17. The molecule has 3 heterocycles. The summed E-state index contributed by atoms with van der Waals surface area (Å²) in [4.78, 5) is 22.0. The number of hydrogen-bond donors (Lipinski definition) is 0. The van der Waals surface area contributed by atoms with Crippen LogP contribution < -0.4 is 5.69 Å². The maximum atomic E-state index is 13.1. The Kier molecular flexibility index (Phi) is 4.26. The highest BCUT2D eigenvalue weighted by molar-refractivity contribution is 7.90. The summed E-state index contributed by atoms with van der Waals surface area (Å²) in [5.41, 5.74) is 4.53. The quantitative estimate of drug-likeness (QED) is 0.438. The number of sulfone groups is 1. The Balaban J connectivity index is 1.83. The summed E-state index contributed by atoms with van der Waals surface area (Å²) in [5, 5.41) is 0.830. The lowest BCUT2D eigenvalue weighted by atomic mass is 10.0. The summed E-state index contributed by atoms with van der Waals surface area (Å²) in [6.07, 6.45) is 6.32. The van der Waals surface area contributed by atoms with Gasteiger partial charge < -0.3 is 0 Å². The summed E-state index contributed by atoms with van der Waals surface area (Å²) >= 11 is 0. The Labute approximate surface area is 178 Å². The number of rotatable bonds is 3. The van der Waals surface area contributed by atoms with Gasteiger partial charge in [0.1, 0.15) is 0 Å². The van der Waals surface area contributed by atoms with Gasteiger partial charge in [0, 0.05) is 31.1 Å². The van der Waals surface area contributed by atoms with E-state index in [1.54, 1.807) is 46.9 Å². The molecule has 5 aromatic rings. The van der Waals surface area contributed by atoms with Crippen molar-refractivity contribution in [2.45, 2.75) is 4.90 Å². The fourth-order valence-corrected chi connectivity index (χ4v) is 4.43. The van der Waals surface area contributed by atoms with Crippen molar-refractivity contribution in [2.24, 2.45) is 7.05 Å². The number of aromatic nitrogens is 4. The molecule has 8 heteroatoms. The van der Waals surface area contributed by atoms with Crippen molar-refractivity contribution in [3.8, 4) is 16.8 Å². The fourth-order valence-electron chi connectivity index (χ4n) is 3.80. The number of imidazole rings is 1. The van der Waals surface area contributed by atoms with Crippen LogP contribution in [0.1, 0.15) is 0 Å². The van der Waals surface area contributed by atoms with Gasteiger partial charge in [-0.3, -0.25) is 19.1 Å². The molecule has 0 unspecified atom stereocenters. The van der Waals surface area contributed by atoms with E-state index in [9.17, 15) is 13.2 Å². The predicted octanol–water partition coefficient (Wildman–Crippen LogP) is 3.34. The SMILES string of the molecule is Cn1c(=O)n(-c2ccc(S(C)(=O)=O)cc2)c2c3cc(-c4ccncc4)ccc3ncc21. The molecule has 154 valence electrons. The van der Waals surface area contributed by atoms with Gasteiger partial charge in [-0.2, -0.15) is 0 Å². The minimum atomic E-state index is -3.33. The molecule has 0 saturated carbocycles. The maximum absolute atomic E-state index is 13.1. The Morgan fingerprint density at radius 1 is 0.903 bits per heavy atom. The van der Waals surface area contributed by atoms with Crippen LogP contribution in [0.2, 0.25) is 0 Å². The minimum absolute atomic E-state index is 0.205. The molecule has 0 atom stereocenters. The number of benzene rings is 2. The molecule has 31 heavy (non-hydrogen) atoms. The van der Waals surface area contributed by atoms with E-state index < -0.39 is 9.84 Å². The molecule has 0 bridgehead atoms. The molecule has 7 nitrogen and oxygen atoms in total. The molecule has 0 aliphatic heterocycles. The van der Waals surface area contributed by atoms with Crippen LogP contribution in [0.15, 0.2) is 82.9 Å². The summed E-state index contributed by atoms with van der Waals surface area (Å²) in [7, 11) is -1.63. The van der Waals surface area contributed by atoms with E-state index in [0.29, 0.717) is 11.2 Å². The third-order valence-corrected chi connectivity index (χ3v) is 6.55. The molecule has 0 fully saturated rings. The number of nitrogens with zero attached hydrogens (tertiary/aromatic N) is 4. The van der Waals surface area contributed by atoms with Gasteiger partial charge in [-0.15, -0.1) is 0 Å². The molecule has 0 N–H and O–H groups in total. The monoisotopic (exact) mass is 430 g/mol. The first kappa shape index (κ1) is 19.2. The van der Waals surface area contributed by atoms with Gasteiger partial charge in [0.2, 0.25) is 0 Å². The van der Waals surface area contributed by atoms with Crippen molar-refractivity contribution >= 4 is 31.8 Å². The highest BCUT2D eigenvalue weighted by atomic mass is 32.2. The number of aryl methyl sites for hydroxylation is 1. The van der Waals surface area contributed by atoms with Crippen LogP contribution in [0.3, 0.4) is 0 Å². The summed E-state index contributed by atoms with van der Waals surface area (Å²) in [6, 6.07) is 16.1. The zero-order valence-corrected chi connectivity index (χ0v) is 17.7. The first-order valence-corrected chi connectivity index (χ1v) is 11.4. The molecule has 0 spiro atoms. The number of fused-ring (bicyclic) bond motifs is 3. The van der Waals surface area contributed by atoms with Crippen LogP contribution >= 0.6 is 0 Å². The average molecular weight is 430 g/mol. The van der Waals surface area contributed by atoms with Crippen molar-refractivity contribution in [2.75, 3.05) is 6.26 Å². The normalized spacial score (nSPS) is 11.9. The van der Waals surface area contributed by atoms with Gasteiger partial charge in [-0.05, 0) is 59.7 Å². The van der Waals surface area contributed by atoms with Gasteiger partial charge in [0.05, 0.1) is 33.3 Å². The molecule has 0 radical (unpaired) electrons. The van der Waals surface area contributed by atoms with Crippen LogP contribution in [-0.2, 0) is 16.9 Å². The first-order valence-electron chi connectivity index (χ1n) is 9.56. The minimum Gasteiger partial charge on any atom is -0.293 e. The molecule has 0 saturated heterocycles. The van der Waals surface area contributed by atoms with Crippen molar-refractivity contribution < 1.29 is 8.42 Å². The lowest BCUT2D eigenvalue weighted by molar-refractivity contribution is 0.602. The zero-order chi connectivity index (χ0) is 21.8. The van der Waals surface area contributed by atoms with Crippen molar-refractivity contribution in [3.05, 3.63) is 83.7 Å². The smallest absolute Gasteiger partial charge is 0.293 e. The van der Waals surface area contributed by atoms with Crippen LogP contribution in [0.4, 0.5) is 0 Å². The lowest BCUT2D eigenvalue weighted by Crippen LogP contribution is -2.20. The largest absolute Gasteiger partial charge is 0.333 e.